The lowest BCUT2D eigenvalue weighted by Gasteiger charge is -2.10. The van der Waals surface area contributed by atoms with Crippen molar-refractivity contribution in [2.24, 2.45) is 10.7 Å². The predicted molar refractivity (Wildman–Crippen MR) is 87.8 cm³/mol. The number of hydrogen-bond acceptors (Lipinski definition) is 5. The maximum atomic E-state index is 5.92. The van der Waals surface area contributed by atoms with Gasteiger partial charge in [-0.05, 0) is 25.1 Å². The molecule has 0 saturated carbocycles. The van der Waals surface area contributed by atoms with Crippen molar-refractivity contribution < 1.29 is 9.47 Å². The Bertz CT molecular complexity index is 717. The molecule has 0 bridgehead atoms. The van der Waals surface area contributed by atoms with Crippen LogP contribution in [-0.4, -0.2) is 29.1 Å². The summed E-state index contributed by atoms with van der Waals surface area (Å²) in [5.41, 5.74) is 7.54. The lowest BCUT2D eigenvalue weighted by atomic mass is 10.3. The van der Waals surface area contributed by atoms with Gasteiger partial charge in [-0.3, -0.25) is 0 Å². The molecule has 0 radical (unpaired) electrons. The van der Waals surface area contributed by atoms with Gasteiger partial charge < -0.3 is 20.5 Å². The van der Waals surface area contributed by atoms with Crippen LogP contribution in [0, 0.1) is 6.92 Å². The van der Waals surface area contributed by atoms with E-state index in [4.69, 9.17) is 15.2 Å². The maximum absolute atomic E-state index is 5.92. The van der Waals surface area contributed by atoms with Crippen LogP contribution in [0.3, 0.4) is 0 Å². The Labute approximate surface area is 134 Å². The van der Waals surface area contributed by atoms with E-state index in [1.54, 1.807) is 6.20 Å². The minimum atomic E-state index is 0.316. The summed E-state index contributed by atoms with van der Waals surface area (Å²) in [6, 6.07) is 7.42. The molecule has 2 aromatic rings. The summed E-state index contributed by atoms with van der Waals surface area (Å²) in [5, 5.41) is 3.05. The monoisotopic (exact) mass is 313 g/mol. The van der Waals surface area contributed by atoms with Gasteiger partial charge in [0.05, 0.1) is 25.5 Å². The number of aromatic nitrogens is 2. The van der Waals surface area contributed by atoms with Crippen LogP contribution in [0.5, 0.6) is 11.5 Å². The summed E-state index contributed by atoms with van der Waals surface area (Å²) < 4.78 is 11.2. The third-order valence-corrected chi connectivity index (χ3v) is 3.27. The van der Waals surface area contributed by atoms with Gasteiger partial charge in [-0.1, -0.05) is 0 Å². The molecule has 1 aliphatic heterocycles. The highest BCUT2D eigenvalue weighted by Gasteiger charge is 2.10. The quantitative estimate of drug-likeness (QED) is 0.663. The highest BCUT2D eigenvalue weighted by molar-refractivity contribution is 5.92. The molecule has 7 heteroatoms. The SMILES string of the molecule is Cc1nccc(CN=C(N)Nc2ccc3c(c2)OCCCO3)n1. The molecule has 0 fully saturated rings. The number of hydrogen-bond donors (Lipinski definition) is 2. The van der Waals surface area contributed by atoms with Crippen molar-refractivity contribution >= 4 is 11.6 Å². The number of nitrogens with one attached hydrogen (secondary N) is 1. The Balaban J connectivity index is 1.66. The number of anilines is 1. The molecule has 1 aliphatic rings. The number of fused-ring (bicyclic) bond motifs is 1. The molecule has 23 heavy (non-hydrogen) atoms. The van der Waals surface area contributed by atoms with Gasteiger partial charge in [0, 0.05) is 24.4 Å². The van der Waals surface area contributed by atoms with E-state index in [9.17, 15) is 0 Å². The molecular weight excluding hydrogens is 294 g/mol. The summed E-state index contributed by atoms with van der Waals surface area (Å²) in [7, 11) is 0. The first-order valence-electron chi connectivity index (χ1n) is 7.46. The molecule has 120 valence electrons. The largest absolute Gasteiger partial charge is 0.490 e. The first kappa shape index (κ1) is 15.1. The van der Waals surface area contributed by atoms with Crippen molar-refractivity contribution in [3.05, 3.63) is 42.0 Å². The number of aliphatic imine (C=N–C) groups is 1. The summed E-state index contributed by atoms with van der Waals surface area (Å²) >= 11 is 0. The van der Waals surface area contributed by atoms with E-state index in [1.807, 2.05) is 31.2 Å². The normalized spacial score (nSPS) is 14.2. The van der Waals surface area contributed by atoms with Crippen molar-refractivity contribution in [2.45, 2.75) is 19.9 Å². The Morgan fingerprint density at radius 3 is 2.91 bits per heavy atom. The molecule has 0 spiro atoms. The average Bonchev–Trinajstić information content (AvgIpc) is 2.78. The van der Waals surface area contributed by atoms with Gasteiger partial charge in [-0.2, -0.15) is 0 Å². The van der Waals surface area contributed by atoms with E-state index >= 15 is 0 Å². The van der Waals surface area contributed by atoms with Crippen LogP contribution in [0.1, 0.15) is 17.9 Å². The molecule has 2 heterocycles. The van der Waals surface area contributed by atoms with Crippen molar-refractivity contribution in [2.75, 3.05) is 18.5 Å². The number of nitrogens with zero attached hydrogens (tertiary/aromatic N) is 3. The third-order valence-electron chi connectivity index (χ3n) is 3.27. The van der Waals surface area contributed by atoms with Crippen molar-refractivity contribution in [1.82, 2.24) is 9.97 Å². The van der Waals surface area contributed by atoms with Crippen LogP contribution in [0.4, 0.5) is 5.69 Å². The van der Waals surface area contributed by atoms with E-state index < -0.39 is 0 Å². The minimum Gasteiger partial charge on any atom is -0.490 e. The first-order chi connectivity index (χ1) is 11.2. The lowest BCUT2D eigenvalue weighted by molar-refractivity contribution is 0.297. The van der Waals surface area contributed by atoms with Crippen LogP contribution >= 0.6 is 0 Å². The topological polar surface area (TPSA) is 94.7 Å². The first-order valence-corrected chi connectivity index (χ1v) is 7.46. The summed E-state index contributed by atoms with van der Waals surface area (Å²) in [5.74, 6) is 2.50. The van der Waals surface area contributed by atoms with Gasteiger partial charge in [-0.25, -0.2) is 15.0 Å². The van der Waals surface area contributed by atoms with Crippen LogP contribution in [-0.2, 0) is 6.54 Å². The second-order valence-corrected chi connectivity index (χ2v) is 5.13. The summed E-state index contributed by atoms with van der Waals surface area (Å²) in [6.07, 6.45) is 2.58. The van der Waals surface area contributed by atoms with E-state index in [-0.39, 0.29) is 0 Å². The van der Waals surface area contributed by atoms with Crippen LogP contribution in [0.25, 0.3) is 0 Å². The Morgan fingerprint density at radius 1 is 1.26 bits per heavy atom. The van der Waals surface area contributed by atoms with E-state index in [0.29, 0.717) is 37.3 Å². The third kappa shape index (κ3) is 4.09. The lowest BCUT2D eigenvalue weighted by Crippen LogP contribution is -2.22. The van der Waals surface area contributed by atoms with E-state index in [0.717, 1.165) is 23.6 Å². The fraction of sp³-hybridized carbons (Fsp3) is 0.312. The summed E-state index contributed by atoms with van der Waals surface area (Å²) in [6.45, 7) is 3.55. The minimum absolute atomic E-state index is 0.316. The van der Waals surface area contributed by atoms with E-state index in [2.05, 4.69) is 20.3 Å². The standard InChI is InChI=1S/C16H19N5O2/c1-11-18-6-5-13(20-11)10-19-16(17)21-12-3-4-14-15(9-12)23-8-2-7-22-14/h3-6,9H,2,7-8,10H2,1H3,(H3,17,19,21). The fourth-order valence-electron chi connectivity index (χ4n) is 2.19. The molecule has 0 unspecified atom stereocenters. The zero-order valence-electron chi connectivity index (χ0n) is 13.0. The van der Waals surface area contributed by atoms with Gasteiger partial charge in [0.2, 0.25) is 0 Å². The number of benzene rings is 1. The molecule has 1 aromatic heterocycles. The molecule has 0 amide bonds. The molecule has 7 nitrogen and oxygen atoms in total. The molecule has 3 N–H and O–H groups in total. The predicted octanol–water partition coefficient (Wildman–Crippen LogP) is 1.87. The van der Waals surface area contributed by atoms with Crippen molar-refractivity contribution in [3.8, 4) is 11.5 Å². The average molecular weight is 313 g/mol. The molecule has 0 aliphatic carbocycles. The van der Waals surface area contributed by atoms with E-state index in [1.165, 1.54) is 0 Å². The van der Waals surface area contributed by atoms with Crippen LogP contribution in [0.2, 0.25) is 0 Å². The second kappa shape index (κ2) is 6.95. The summed E-state index contributed by atoms with van der Waals surface area (Å²) in [4.78, 5) is 12.6. The Kier molecular flexibility index (Phi) is 4.56. The van der Waals surface area contributed by atoms with Crippen LogP contribution < -0.4 is 20.5 Å². The van der Waals surface area contributed by atoms with Gasteiger partial charge in [0.25, 0.3) is 0 Å². The second-order valence-electron chi connectivity index (χ2n) is 5.13. The smallest absolute Gasteiger partial charge is 0.193 e. The molecule has 3 rings (SSSR count). The van der Waals surface area contributed by atoms with Gasteiger partial charge in [0.15, 0.2) is 17.5 Å². The molecular formula is C16H19N5O2. The zero-order chi connectivity index (χ0) is 16.1. The number of nitrogens with two attached hydrogens (primary N) is 1. The van der Waals surface area contributed by atoms with Gasteiger partial charge >= 0.3 is 0 Å². The van der Waals surface area contributed by atoms with Crippen molar-refractivity contribution in [3.63, 3.8) is 0 Å². The van der Waals surface area contributed by atoms with Gasteiger partial charge in [-0.15, -0.1) is 0 Å². The molecule has 1 aromatic carbocycles. The van der Waals surface area contributed by atoms with Gasteiger partial charge in [0.1, 0.15) is 5.82 Å². The zero-order valence-corrected chi connectivity index (χ0v) is 13.0. The molecule has 0 saturated heterocycles. The van der Waals surface area contributed by atoms with Crippen molar-refractivity contribution in [1.29, 1.82) is 0 Å². The highest BCUT2D eigenvalue weighted by Crippen LogP contribution is 2.32. The maximum Gasteiger partial charge on any atom is 0.193 e. The number of guanidine groups is 1. The number of ether oxygens (including phenoxy) is 2. The highest BCUT2D eigenvalue weighted by atomic mass is 16.5. The Hall–Kier alpha value is -2.83. The van der Waals surface area contributed by atoms with Crippen LogP contribution in [0.15, 0.2) is 35.5 Å². The molecule has 0 atom stereocenters. The number of rotatable bonds is 3. The Morgan fingerprint density at radius 2 is 2.09 bits per heavy atom. The number of aryl methyl sites for hydroxylation is 1. The fourth-order valence-corrected chi connectivity index (χ4v) is 2.19.